The zero-order valence-corrected chi connectivity index (χ0v) is 17.0. The van der Waals surface area contributed by atoms with Gasteiger partial charge in [0.2, 0.25) is 0 Å². The van der Waals surface area contributed by atoms with Gasteiger partial charge in [-0.1, -0.05) is 23.2 Å². The van der Waals surface area contributed by atoms with Gasteiger partial charge in [0.25, 0.3) is 5.91 Å². The molecule has 1 aliphatic heterocycles. The van der Waals surface area contributed by atoms with E-state index < -0.39 is 5.82 Å². The van der Waals surface area contributed by atoms with Gasteiger partial charge in [-0.05, 0) is 55.7 Å². The Kier molecular flexibility index (Phi) is 6.25. The topological polar surface area (TPSA) is 38.8 Å². The van der Waals surface area contributed by atoms with Crippen LogP contribution in [-0.4, -0.2) is 31.1 Å². The third kappa shape index (κ3) is 4.47. The zero-order valence-electron chi connectivity index (χ0n) is 16.2. The highest BCUT2D eigenvalue weighted by Gasteiger charge is 2.29. The molecule has 0 bridgehead atoms. The van der Waals surface area contributed by atoms with Crippen molar-refractivity contribution < 1.29 is 18.7 Å². The predicted octanol–water partition coefficient (Wildman–Crippen LogP) is 5.03. The van der Waals surface area contributed by atoms with E-state index in [0.717, 1.165) is 16.7 Å². The molecule has 0 aliphatic carbocycles. The van der Waals surface area contributed by atoms with Crippen LogP contribution in [0.1, 0.15) is 35.3 Å². The maximum Gasteiger partial charge on any atom is 0.258 e. The van der Waals surface area contributed by atoms with Gasteiger partial charge in [0.1, 0.15) is 23.9 Å². The van der Waals surface area contributed by atoms with E-state index in [4.69, 9.17) is 21.1 Å². The van der Waals surface area contributed by atoms with Crippen molar-refractivity contribution in [2.45, 2.75) is 26.8 Å². The van der Waals surface area contributed by atoms with Crippen molar-refractivity contribution in [2.24, 2.45) is 0 Å². The second-order valence-electron chi connectivity index (χ2n) is 6.98. The summed E-state index contributed by atoms with van der Waals surface area (Å²) >= 11 is 5.87. The maximum atomic E-state index is 13.4. The molecule has 0 radical (unpaired) electrons. The van der Waals surface area contributed by atoms with Gasteiger partial charge < -0.3 is 14.4 Å². The Bertz CT molecular complexity index is 922. The first-order chi connectivity index (χ1) is 13.4. The molecule has 0 saturated carbocycles. The second-order valence-corrected chi connectivity index (χ2v) is 7.38. The van der Waals surface area contributed by atoms with Gasteiger partial charge in [0.15, 0.2) is 0 Å². The number of hydrogen-bond donors (Lipinski definition) is 0. The maximum absolute atomic E-state index is 13.4. The van der Waals surface area contributed by atoms with Crippen LogP contribution >= 0.6 is 11.6 Å². The molecule has 1 aliphatic rings. The van der Waals surface area contributed by atoms with Crippen LogP contribution in [0.25, 0.3) is 0 Å². The van der Waals surface area contributed by atoms with E-state index in [2.05, 4.69) is 0 Å². The molecule has 0 N–H and O–H groups in total. The Morgan fingerprint density at radius 2 is 2.07 bits per heavy atom. The normalized spacial score (nSPS) is 13.2. The molecule has 1 heterocycles. The van der Waals surface area contributed by atoms with Crippen LogP contribution in [0, 0.1) is 5.82 Å². The smallest absolute Gasteiger partial charge is 0.258 e. The number of allylic oxidation sites excluding steroid dienone is 1. The molecule has 2 aromatic rings. The number of fused-ring (bicyclic) bond motifs is 1. The van der Waals surface area contributed by atoms with Gasteiger partial charge in [-0.3, -0.25) is 4.79 Å². The van der Waals surface area contributed by atoms with Crippen molar-refractivity contribution in [3.8, 4) is 11.5 Å². The van der Waals surface area contributed by atoms with E-state index in [1.165, 1.54) is 6.07 Å². The fourth-order valence-electron chi connectivity index (χ4n) is 3.14. The largest absolute Gasteiger partial charge is 0.497 e. The third-order valence-corrected chi connectivity index (χ3v) is 4.92. The summed E-state index contributed by atoms with van der Waals surface area (Å²) in [5, 5.41) is 0.0536. The van der Waals surface area contributed by atoms with Crippen molar-refractivity contribution in [3.63, 3.8) is 0 Å². The molecule has 0 unspecified atom stereocenters. The molecule has 1 amide bonds. The first kappa shape index (κ1) is 20.2. The van der Waals surface area contributed by atoms with Crippen LogP contribution in [0.2, 0.25) is 5.02 Å². The highest BCUT2D eigenvalue weighted by molar-refractivity contribution is 6.30. The molecule has 4 nitrogen and oxygen atoms in total. The van der Waals surface area contributed by atoms with E-state index in [-0.39, 0.29) is 10.9 Å². The second kappa shape index (κ2) is 8.65. The molecule has 0 aromatic heterocycles. The number of nitrogens with zero attached hydrogens (tertiary/aromatic N) is 1. The summed E-state index contributed by atoms with van der Waals surface area (Å²) < 4.78 is 24.7. The standard InChI is InChI=1S/C22H23ClFNO3/c1-14(2)7-9-28-20-12-17(27-3)11-16-6-8-25(22(26)21(16)20)13-15-4-5-19(24)18(23)10-15/h4-5,7,10-12H,6,8-9,13H2,1-3H3. The number of methoxy groups -OCH3 is 1. The van der Waals surface area contributed by atoms with E-state index in [0.29, 0.717) is 43.2 Å². The monoisotopic (exact) mass is 403 g/mol. The Morgan fingerprint density at radius 3 is 2.75 bits per heavy atom. The number of halogens is 2. The van der Waals surface area contributed by atoms with Crippen molar-refractivity contribution >= 4 is 17.5 Å². The van der Waals surface area contributed by atoms with Crippen LogP contribution in [0.4, 0.5) is 4.39 Å². The lowest BCUT2D eigenvalue weighted by Crippen LogP contribution is -2.37. The number of carbonyl (C=O) groups excluding carboxylic acids is 1. The molecule has 0 atom stereocenters. The van der Waals surface area contributed by atoms with E-state index in [1.54, 1.807) is 30.2 Å². The lowest BCUT2D eigenvalue weighted by atomic mass is 9.97. The molecule has 0 fully saturated rings. The van der Waals surface area contributed by atoms with Crippen LogP contribution in [0.15, 0.2) is 42.0 Å². The van der Waals surface area contributed by atoms with Crippen molar-refractivity contribution in [3.05, 3.63) is 69.5 Å². The van der Waals surface area contributed by atoms with Gasteiger partial charge >= 0.3 is 0 Å². The Balaban J connectivity index is 1.88. The zero-order chi connectivity index (χ0) is 20.3. The summed E-state index contributed by atoms with van der Waals surface area (Å²) in [6, 6.07) is 8.14. The fourth-order valence-corrected chi connectivity index (χ4v) is 3.34. The highest BCUT2D eigenvalue weighted by atomic mass is 35.5. The summed E-state index contributed by atoms with van der Waals surface area (Å²) in [6.45, 7) is 5.28. The quantitative estimate of drug-likeness (QED) is 0.635. The Labute approximate surface area is 169 Å². The van der Waals surface area contributed by atoms with E-state index in [9.17, 15) is 9.18 Å². The van der Waals surface area contributed by atoms with Gasteiger partial charge in [0, 0.05) is 19.2 Å². The average Bonchev–Trinajstić information content (AvgIpc) is 2.66. The summed E-state index contributed by atoms with van der Waals surface area (Å²) in [4.78, 5) is 14.9. The average molecular weight is 404 g/mol. The number of ether oxygens (including phenoxy) is 2. The number of amides is 1. The van der Waals surface area contributed by atoms with Crippen molar-refractivity contribution in [2.75, 3.05) is 20.3 Å². The summed E-state index contributed by atoms with van der Waals surface area (Å²) in [6.07, 6.45) is 2.64. The van der Waals surface area contributed by atoms with E-state index >= 15 is 0 Å². The predicted molar refractivity (Wildman–Crippen MR) is 108 cm³/mol. The molecule has 6 heteroatoms. The molecular weight excluding hydrogens is 381 g/mol. The highest BCUT2D eigenvalue weighted by Crippen LogP contribution is 2.34. The number of carbonyl (C=O) groups is 1. The lowest BCUT2D eigenvalue weighted by Gasteiger charge is -2.30. The Hall–Kier alpha value is -2.53. The molecule has 3 rings (SSSR count). The Morgan fingerprint density at radius 1 is 1.29 bits per heavy atom. The first-order valence-corrected chi connectivity index (χ1v) is 9.47. The summed E-state index contributed by atoms with van der Waals surface area (Å²) in [5.74, 6) is 0.593. The van der Waals surface area contributed by atoms with Gasteiger partial charge in [-0.25, -0.2) is 4.39 Å². The fraction of sp³-hybridized carbons (Fsp3) is 0.318. The summed E-state index contributed by atoms with van der Waals surface area (Å²) in [7, 11) is 1.59. The van der Waals surface area contributed by atoms with Gasteiger partial charge in [0.05, 0.1) is 17.7 Å². The van der Waals surface area contributed by atoms with E-state index in [1.807, 2.05) is 26.0 Å². The van der Waals surface area contributed by atoms with Crippen LogP contribution in [0.3, 0.4) is 0 Å². The SMILES string of the molecule is COc1cc2c(c(OCC=C(C)C)c1)C(=O)N(Cc1ccc(F)c(Cl)c1)CC2. The lowest BCUT2D eigenvalue weighted by molar-refractivity contribution is 0.0722. The molecule has 0 saturated heterocycles. The minimum absolute atomic E-state index is 0.0536. The molecular formula is C22H23ClFNO3. The van der Waals surface area contributed by atoms with Gasteiger partial charge in [-0.15, -0.1) is 0 Å². The number of rotatable bonds is 6. The number of benzene rings is 2. The molecule has 148 valence electrons. The van der Waals surface area contributed by atoms with Crippen LogP contribution in [0.5, 0.6) is 11.5 Å². The van der Waals surface area contributed by atoms with Crippen molar-refractivity contribution in [1.82, 2.24) is 4.90 Å². The number of hydrogen-bond acceptors (Lipinski definition) is 3. The van der Waals surface area contributed by atoms with Crippen molar-refractivity contribution in [1.29, 1.82) is 0 Å². The van der Waals surface area contributed by atoms with Crippen LogP contribution in [-0.2, 0) is 13.0 Å². The van der Waals surface area contributed by atoms with Crippen LogP contribution < -0.4 is 9.47 Å². The minimum atomic E-state index is -0.470. The first-order valence-electron chi connectivity index (χ1n) is 9.09. The third-order valence-electron chi connectivity index (χ3n) is 4.63. The molecule has 2 aromatic carbocycles. The van der Waals surface area contributed by atoms with Gasteiger partial charge in [-0.2, -0.15) is 0 Å². The minimum Gasteiger partial charge on any atom is -0.497 e. The molecule has 0 spiro atoms. The summed E-state index contributed by atoms with van der Waals surface area (Å²) in [5.41, 5.74) is 3.38. The molecule has 28 heavy (non-hydrogen) atoms.